The number of hydrogen-bond donors (Lipinski definition) is 1. The lowest BCUT2D eigenvalue weighted by molar-refractivity contribution is 0.151. The standard InChI is InChI=1S/C11H21N3O/c1-10(9-15-2)13-11-3-6-14(7-4-11)8-5-12/h10-11,13H,3-4,6-9H2,1-2H3. The Labute approximate surface area is 92.2 Å². The third-order valence-corrected chi connectivity index (χ3v) is 2.82. The van der Waals surface area contributed by atoms with Crippen molar-refractivity contribution in [3.05, 3.63) is 0 Å². The number of piperidine rings is 1. The highest BCUT2D eigenvalue weighted by atomic mass is 16.5. The van der Waals surface area contributed by atoms with Crippen LogP contribution in [-0.2, 0) is 4.74 Å². The van der Waals surface area contributed by atoms with E-state index in [1.165, 1.54) is 0 Å². The normalized spacial score (nSPS) is 21.1. The van der Waals surface area contributed by atoms with E-state index in [0.717, 1.165) is 32.5 Å². The second-order valence-electron chi connectivity index (χ2n) is 4.23. The molecule has 0 amide bonds. The number of ether oxygens (including phenoxy) is 1. The number of hydrogen-bond acceptors (Lipinski definition) is 4. The number of nitrogens with zero attached hydrogens (tertiary/aromatic N) is 2. The van der Waals surface area contributed by atoms with Crippen LogP contribution >= 0.6 is 0 Å². The molecule has 15 heavy (non-hydrogen) atoms. The molecule has 0 bridgehead atoms. The van der Waals surface area contributed by atoms with E-state index in [-0.39, 0.29) is 0 Å². The Hall–Kier alpha value is -0.630. The third-order valence-electron chi connectivity index (χ3n) is 2.82. The first-order valence-corrected chi connectivity index (χ1v) is 5.60. The molecule has 4 nitrogen and oxygen atoms in total. The van der Waals surface area contributed by atoms with Crippen molar-refractivity contribution in [3.63, 3.8) is 0 Å². The summed E-state index contributed by atoms with van der Waals surface area (Å²) in [6, 6.07) is 3.21. The molecule has 0 radical (unpaired) electrons. The van der Waals surface area contributed by atoms with Gasteiger partial charge in [-0.3, -0.25) is 4.90 Å². The van der Waals surface area contributed by atoms with Gasteiger partial charge in [-0.15, -0.1) is 0 Å². The Morgan fingerprint density at radius 2 is 2.20 bits per heavy atom. The fourth-order valence-corrected chi connectivity index (χ4v) is 2.06. The Morgan fingerprint density at radius 1 is 1.53 bits per heavy atom. The van der Waals surface area contributed by atoms with E-state index in [1.54, 1.807) is 7.11 Å². The van der Waals surface area contributed by atoms with Crippen LogP contribution < -0.4 is 5.32 Å². The van der Waals surface area contributed by atoms with Crippen LogP contribution in [0.25, 0.3) is 0 Å². The average Bonchev–Trinajstić information content (AvgIpc) is 2.22. The summed E-state index contributed by atoms with van der Waals surface area (Å²) in [4.78, 5) is 2.21. The zero-order chi connectivity index (χ0) is 11.1. The van der Waals surface area contributed by atoms with Crippen molar-refractivity contribution < 1.29 is 4.74 Å². The second kappa shape index (κ2) is 6.78. The molecule has 4 heteroatoms. The SMILES string of the molecule is COCC(C)NC1CCN(CC#N)CC1. The van der Waals surface area contributed by atoms with Gasteiger partial charge in [0.15, 0.2) is 0 Å². The van der Waals surface area contributed by atoms with E-state index in [9.17, 15) is 0 Å². The van der Waals surface area contributed by atoms with Gasteiger partial charge >= 0.3 is 0 Å². The molecule has 1 heterocycles. The van der Waals surface area contributed by atoms with Crippen molar-refractivity contribution in [3.8, 4) is 6.07 Å². The first-order valence-electron chi connectivity index (χ1n) is 5.60. The van der Waals surface area contributed by atoms with Gasteiger partial charge in [0.05, 0.1) is 19.2 Å². The summed E-state index contributed by atoms with van der Waals surface area (Å²) in [6.45, 7) is 5.54. The molecule has 1 aliphatic rings. The van der Waals surface area contributed by atoms with Gasteiger partial charge in [-0.05, 0) is 19.8 Å². The van der Waals surface area contributed by atoms with Crippen molar-refractivity contribution in [2.45, 2.75) is 31.8 Å². The van der Waals surface area contributed by atoms with Crippen molar-refractivity contribution >= 4 is 0 Å². The fourth-order valence-electron chi connectivity index (χ4n) is 2.06. The van der Waals surface area contributed by atoms with Gasteiger partial charge < -0.3 is 10.1 Å². The van der Waals surface area contributed by atoms with Gasteiger partial charge in [-0.2, -0.15) is 5.26 Å². The monoisotopic (exact) mass is 211 g/mol. The van der Waals surface area contributed by atoms with Crippen molar-refractivity contribution in [2.75, 3.05) is 33.4 Å². The highest BCUT2D eigenvalue weighted by Crippen LogP contribution is 2.10. The van der Waals surface area contributed by atoms with Crippen molar-refractivity contribution in [2.24, 2.45) is 0 Å². The Kier molecular flexibility index (Phi) is 5.62. The quantitative estimate of drug-likeness (QED) is 0.677. The van der Waals surface area contributed by atoms with Crippen LogP contribution in [0.4, 0.5) is 0 Å². The van der Waals surface area contributed by atoms with Gasteiger partial charge in [-0.25, -0.2) is 0 Å². The van der Waals surface area contributed by atoms with Gasteiger partial charge in [-0.1, -0.05) is 0 Å². The summed E-state index contributed by atoms with van der Waals surface area (Å²) < 4.78 is 5.09. The Balaban J connectivity index is 2.17. The molecule has 1 saturated heterocycles. The van der Waals surface area contributed by atoms with Crippen molar-refractivity contribution in [1.29, 1.82) is 5.26 Å². The highest BCUT2D eigenvalue weighted by Gasteiger charge is 2.19. The molecule has 1 atom stereocenters. The summed E-state index contributed by atoms with van der Waals surface area (Å²) in [7, 11) is 1.73. The van der Waals surface area contributed by atoms with Gasteiger partial charge in [0, 0.05) is 32.3 Å². The molecule has 1 fully saturated rings. The van der Waals surface area contributed by atoms with Crippen LogP contribution in [0.15, 0.2) is 0 Å². The largest absolute Gasteiger partial charge is 0.383 e. The van der Waals surface area contributed by atoms with Gasteiger partial charge in [0.25, 0.3) is 0 Å². The molecule has 0 aromatic carbocycles. The fraction of sp³-hybridized carbons (Fsp3) is 0.909. The van der Waals surface area contributed by atoms with Crippen molar-refractivity contribution in [1.82, 2.24) is 10.2 Å². The topological polar surface area (TPSA) is 48.3 Å². The minimum absolute atomic E-state index is 0.419. The Bertz CT molecular complexity index is 206. The van der Waals surface area contributed by atoms with Crippen LogP contribution in [0.2, 0.25) is 0 Å². The molecule has 0 aromatic rings. The summed E-state index contributed by atoms with van der Waals surface area (Å²) >= 11 is 0. The van der Waals surface area contributed by atoms with Gasteiger partial charge in [0.2, 0.25) is 0 Å². The minimum Gasteiger partial charge on any atom is -0.383 e. The molecule has 1 rings (SSSR count). The van der Waals surface area contributed by atoms with E-state index in [2.05, 4.69) is 23.2 Å². The molecule has 0 spiro atoms. The first-order chi connectivity index (χ1) is 7.26. The van der Waals surface area contributed by atoms with E-state index in [1.807, 2.05) is 0 Å². The predicted octanol–water partition coefficient (Wildman–Crippen LogP) is 0.599. The average molecular weight is 211 g/mol. The molecule has 1 unspecified atom stereocenters. The lowest BCUT2D eigenvalue weighted by Gasteiger charge is -2.32. The van der Waals surface area contributed by atoms with Gasteiger partial charge in [0.1, 0.15) is 0 Å². The van der Waals surface area contributed by atoms with E-state index < -0.39 is 0 Å². The molecular formula is C11H21N3O. The minimum atomic E-state index is 0.419. The molecule has 0 saturated carbocycles. The Morgan fingerprint density at radius 3 is 2.73 bits per heavy atom. The van der Waals surface area contributed by atoms with Crippen LogP contribution in [0.5, 0.6) is 0 Å². The lowest BCUT2D eigenvalue weighted by atomic mass is 10.0. The van der Waals surface area contributed by atoms with E-state index >= 15 is 0 Å². The highest BCUT2D eigenvalue weighted by molar-refractivity contribution is 4.84. The number of methoxy groups -OCH3 is 1. The maximum atomic E-state index is 8.58. The molecule has 86 valence electrons. The number of likely N-dealkylation sites (tertiary alicyclic amines) is 1. The zero-order valence-corrected chi connectivity index (χ0v) is 9.70. The van der Waals surface area contributed by atoms with Crippen LogP contribution in [-0.4, -0.2) is 50.3 Å². The molecule has 0 aromatic heterocycles. The zero-order valence-electron chi connectivity index (χ0n) is 9.70. The molecule has 0 aliphatic carbocycles. The smallest absolute Gasteiger partial charge is 0.0866 e. The summed E-state index contributed by atoms with van der Waals surface area (Å²) in [5.41, 5.74) is 0. The predicted molar refractivity (Wildman–Crippen MR) is 59.5 cm³/mol. The van der Waals surface area contributed by atoms with Crippen LogP contribution in [0.1, 0.15) is 19.8 Å². The van der Waals surface area contributed by atoms with E-state index in [0.29, 0.717) is 18.6 Å². The number of nitrogens with one attached hydrogen (secondary N) is 1. The number of nitriles is 1. The summed E-state index contributed by atoms with van der Waals surface area (Å²) in [6.07, 6.45) is 2.27. The third kappa shape index (κ3) is 4.61. The molecule has 1 N–H and O–H groups in total. The number of rotatable bonds is 5. The maximum Gasteiger partial charge on any atom is 0.0866 e. The molecule has 1 aliphatic heterocycles. The van der Waals surface area contributed by atoms with Crippen LogP contribution in [0, 0.1) is 11.3 Å². The summed E-state index contributed by atoms with van der Waals surface area (Å²) in [5.74, 6) is 0. The summed E-state index contributed by atoms with van der Waals surface area (Å²) in [5, 5.41) is 12.1. The van der Waals surface area contributed by atoms with Crippen LogP contribution in [0.3, 0.4) is 0 Å². The maximum absolute atomic E-state index is 8.58. The van der Waals surface area contributed by atoms with E-state index in [4.69, 9.17) is 10.00 Å². The molecular weight excluding hydrogens is 190 g/mol. The lowest BCUT2D eigenvalue weighted by Crippen LogP contribution is -2.46. The second-order valence-corrected chi connectivity index (χ2v) is 4.23. The first kappa shape index (κ1) is 12.4.